The molecule has 0 heterocycles. The van der Waals surface area contributed by atoms with Crippen LogP contribution in [0.5, 0.6) is 0 Å². The van der Waals surface area contributed by atoms with Crippen LogP contribution < -0.4 is 5.32 Å². The quantitative estimate of drug-likeness (QED) is 0.673. The van der Waals surface area contributed by atoms with Gasteiger partial charge in [0.15, 0.2) is 0 Å². The molecular formula is C22H27NO4. The van der Waals surface area contributed by atoms with Crippen molar-refractivity contribution in [2.45, 2.75) is 37.6 Å². The van der Waals surface area contributed by atoms with Gasteiger partial charge in [0.1, 0.15) is 0 Å². The smallest absolute Gasteiger partial charge is 0.305 e. The van der Waals surface area contributed by atoms with E-state index in [0.29, 0.717) is 0 Å². The number of nitrogens with one attached hydrogen (secondary N) is 1. The van der Waals surface area contributed by atoms with Gasteiger partial charge >= 0.3 is 5.97 Å². The number of methoxy groups -OCH3 is 1. The van der Waals surface area contributed by atoms with Gasteiger partial charge in [0.05, 0.1) is 18.6 Å². The number of hydrogen-bond acceptors (Lipinski definition) is 3. The minimum atomic E-state index is -0.973. The highest BCUT2D eigenvalue weighted by Gasteiger charge is 2.30. The van der Waals surface area contributed by atoms with Crippen molar-refractivity contribution in [3.8, 4) is 0 Å². The van der Waals surface area contributed by atoms with Crippen molar-refractivity contribution < 1.29 is 19.4 Å². The lowest BCUT2D eigenvalue weighted by molar-refractivity contribution is -0.139. The Bertz CT molecular complexity index is 732. The van der Waals surface area contributed by atoms with Crippen LogP contribution in [0.2, 0.25) is 0 Å². The number of carbonyl (C=O) groups is 2. The predicted molar refractivity (Wildman–Crippen MR) is 105 cm³/mol. The molecule has 0 aliphatic heterocycles. The van der Waals surface area contributed by atoms with Crippen molar-refractivity contribution in [1.82, 2.24) is 5.32 Å². The molecule has 2 aromatic carbocycles. The average Bonchev–Trinajstić information content (AvgIpc) is 2.62. The molecule has 144 valence electrons. The van der Waals surface area contributed by atoms with Crippen molar-refractivity contribution in [3.05, 3.63) is 71.8 Å². The summed E-state index contributed by atoms with van der Waals surface area (Å²) in [7, 11) is 1.49. The van der Waals surface area contributed by atoms with E-state index in [9.17, 15) is 9.59 Å². The highest BCUT2D eigenvalue weighted by Crippen LogP contribution is 2.25. The molecule has 0 spiro atoms. The molecule has 5 nitrogen and oxygen atoms in total. The van der Waals surface area contributed by atoms with E-state index in [4.69, 9.17) is 9.84 Å². The second kappa shape index (κ2) is 9.88. The summed E-state index contributed by atoms with van der Waals surface area (Å²) in [5.41, 5.74) is 1.30. The molecule has 2 rings (SSSR count). The zero-order chi connectivity index (χ0) is 19.7. The number of rotatable bonds is 10. The zero-order valence-electron chi connectivity index (χ0n) is 15.9. The number of amides is 1. The third-order valence-corrected chi connectivity index (χ3v) is 4.47. The maximum absolute atomic E-state index is 12.7. The van der Waals surface area contributed by atoms with Gasteiger partial charge in [0.2, 0.25) is 5.91 Å². The molecule has 2 atom stereocenters. The summed E-state index contributed by atoms with van der Waals surface area (Å²) in [6.07, 6.45) is 0.817. The van der Waals surface area contributed by atoms with Crippen LogP contribution in [0.3, 0.4) is 0 Å². The van der Waals surface area contributed by atoms with Crippen molar-refractivity contribution in [1.29, 1.82) is 0 Å². The standard InChI is InChI=1S/C22H27NO4/c1-22(16-27-2,15-21(25)26)23-20(24)14-19(18-11-7-4-8-12-18)13-17-9-5-3-6-10-17/h3-12,19H,13-16H2,1-2H3,(H,23,24)(H,25,26). The van der Waals surface area contributed by atoms with Crippen molar-refractivity contribution >= 4 is 11.9 Å². The van der Waals surface area contributed by atoms with Crippen LogP contribution in [0.4, 0.5) is 0 Å². The molecule has 0 fully saturated rings. The first-order valence-corrected chi connectivity index (χ1v) is 9.02. The third-order valence-electron chi connectivity index (χ3n) is 4.47. The Morgan fingerprint density at radius 3 is 2.22 bits per heavy atom. The molecule has 0 aromatic heterocycles. The maximum Gasteiger partial charge on any atom is 0.305 e. The monoisotopic (exact) mass is 369 g/mol. The van der Waals surface area contributed by atoms with Gasteiger partial charge in [-0.15, -0.1) is 0 Å². The molecule has 0 aliphatic carbocycles. The number of carbonyl (C=O) groups excluding carboxylic acids is 1. The first-order valence-electron chi connectivity index (χ1n) is 9.02. The first kappa shape index (κ1) is 20.6. The summed E-state index contributed by atoms with van der Waals surface area (Å²) in [5.74, 6) is -1.15. The molecule has 0 saturated carbocycles. The van der Waals surface area contributed by atoms with Gasteiger partial charge in [-0.25, -0.2) is 0 Å². The SMILES string of the molecule is COCC(C)(CC(=O)O)NC(=O)CC(Cc1ccccc1)c1ccccc1. The van der Waals surface area contributed by atoms with Crippen LogP contribution in [-0.2, 0) is 20.7 Å². The molecule has 0 bridgehead atoms. The lowest BCUT2D eigenvalue weighted by atomic mass is 9.88. The minimum absolute atomic E-state index is 0.00484. The highest BCUT2D eigenvalue weighted by atomic mass is 16.5. The van der Waals surface area contributed by atoms with Gasteiger partial charge in [-0.05, 0) is 30.4 Å². The van der Waals surface area contributed by atoms with E-state index in [1.807, 2.05) is 60.7 Å². The fraction of sp³-hybridized carbons (Fsp3) is 0.364. The number of aliphatic carboxylic acids is 1. The van der Waals surface area contributed by atoms with E-state index in [1.54, 1.807) is 6.92 Å². The summed E-state index contributed by atoms with van der Waals surface area (Å²) in [5, 5.41) is 12.0. The third kappa shape index (κ3) is 6.87. The average molecular weight is 369 g/mol. The number of carboxylic acids is 1. The van der Waals surface area contributed by atoms with Gasteiger partial charge in [0.25, 0.3) is 0 Å². The normalized spacial score (nSPS) is 14.1. The Morgan fingerprint density at radius 1 is 1.07 bits per heavy atom. The fourth-order valence-electron chi connectivity index (χ4n) is 3.33. The Morgan fingerprint density at radius 2 is 1.67 bits per heavy atom. The van der Waals surface area contributed by atoms with Crippen LogP contribution in [0.1, 0.15) is 36.8 Å². The lowest BCUT2D eigenvalue weighted by Crippen LogP contribution is -2.51. The van der Waals surface area contributed by atoms with E-state index in [1.165, 1.54) is 7.11 Å². The summed E-state index contributed by atoms with van der Waals surface area (Å²) in [6.45, 7) is 1.83. The lowest BCUT2D eigenvalue weighted by Gasteiger charge is -2.29. The van der Waals surface area contributed by atoms with E-state index in [-0.39, 0.29) is 31.3 Å². The molecule has 1 amide bonds. The van der Waals surface area contributed by atoms with Crippen LogP contribution in [0.25, 0.3) is 0 Å². The van der Waals surface area contributed by atoms with E-state index < -0.39 is 11.5 Å². The topological polar surface area (TPSA) is 75.6 Å². The molecule has 0 radical (unpaired) electrons. The molecule has 2 aromatic rings. The molecule has 27 heavy (non-hydrogen) atoms. The summed E-state index contributed by atoms with van der Waals surface area (Å²) in [4.78, 5) is 23.9. The van der Waals surface area contributed by atoms with Crippen molar-refractivity contribution in [2.75, 3.05) is 13.7 Å². The Hall–Kier alpha value is -2.66. The Kier molecular flexibility index (Phi) is 7.55. The molecule has 0 aliphatic rings. The van der Waals surface area contributed by atoms with Gasteiger partial charge < -0.3 is 15.2 Å². The van der Waals surface area contributed by atoms with Crippen LogP contribution in [-0.4, -0.2) is 36.2 Å². The van der Waals surface area contributed by atoms with Crippen LogP contribution >= 0.6 is 0 Å². The highest BCUT2D eigenvalue weighted by molar-refractivity contribution is 5.79. The van der Waals surface area contributed by atoms with Crippen molar-refractivity contribution in [2.24, 2.45) is 0 Å². The van der Waals surface area contributed by atoms with Gasteiger partial charge in [-0.2, -0.15) is 0 Å². The van der Waals surface area contributed by atoms with E-state index in [2.05, 4.69) is 5.32 Å². The van der Waals surface area contributed by atoms with Gasteiger partial charge in [-0.1, -0.05) is 60.7 Å². The van der Waals surface area contributed by atoms with E-state index in [0.717, 1.165) is 17.5 Å². The fourth-order valence-corrected chi connectivity index (χ4v) is 3.33. The molecular weight excluding hydrogens is 342 g/mol. The minimum Gasteiger partial charge on any atom is -0.481 e. The van der Waals surface area contributed by atoms with Crippen molar-refractivity contribution in [3.63, 3.8) is 0 Å². The first-order chi connectivity index (χ1) is 12.9. The largest absolute Gasteiger partial charge is 0.481 e. The summed E-state index contributed by atoms with van der Waals surface area (Å²) >= 11 is 0. The number of hydrogen-bond donors (Lipinski definition) is 2. The number of carboxylic acid groups (broad SMARTS) is 1. The second-order valence-corrected chi connectivity index (χ2v) is 7.11. The Balaban J connectivity index is 2.14. The Labute approximate surface area is 160 Å². The summed E-state index contributed by atoms with van der Waals surface area (Å²) < 4.78 is 5.12. The predicted octanol–water partition coefficient (Wildman–Crippen LogP) is 3.40. The second-order valence-electron chi connectivity index (χ2n) is 7.11. The summed E-state index contributed by atoms with van der Waals surface area (Å²) in [6, 6.07) is 20.0. The number of benzene rings is 2. The van der Waals surface area contributed by atoms with Crippen LogP contribution in [0.15, 0.2) is 60.7 Å². The molecule has 2 unspecified atom stereocenters. The van der Waals surface area contributed by atoms with E-state index >= 15 is 0 Å². The molecule has 5 heteroatoms. The van der Waals surface area contributed by atoms with Gasteiger partial charge in [0, 0.05) is 13.5 Å². The maximum atomic E-state index is 12.7. The van der Waals surface area contributed by atoms with Crippen LogP contribution in [0, 0.1) is 0 Å². The van der Waals surface area contributed by atoms with Gasteiger partial charge in [-0.3, -0.25) is 9.59 Å². The zero-order valence-corrected chi connectivity index (χ0v) is 15.9. The number of ether oxygens (including phenoxy) is 1. The molecule has 0 saturated heterocycles. The molecule has 2 N–H and O–H groups in total.